The van der Waals surface area contributed by atoms with Crippen LogP contribution in [0.15, 0.2) is 10.3 Å². The quantitative estimate of drug-likeness (QED) is 0.652. The summed E-state index contributed by atoms with van der Waals surface area (Å²) in [7, 11) is -3.54. The zero-order valence-corrected chi connectivity index (χ0v) is 13.0. The average Bonchev–Trinajstić information content (AvgIpc) is 2.92. The highest BCUT2D eigenvalue weighted by Crippen LogP contribution is 2.44. The molecule has 8 nitrogen and oxygen atoms in total. The number of anilines is 1. The molecule has 0 spiro atoms. The first kappa shape index (κ1) is 15.7. The summed E-state index contributed by atoms with van der Waals surface area (Å²) in [5.41, 5.74) is -1.28. The number of carboxylic acid groups (broad SMARTS) is 1. The van der Waals surface area contributed by atoms with Gasteiger partial charge in [-0.15, -0.1) is 0 Å². The average molecular weight is 334 g/mol. The third-order valence-corrected chi connectivity index (χ3v) is 6.50. The van der Waals surface area contributed by atoms with Crippen LogP contribution in [0.3, 0.4) is 0 Å². The lowest BCUT2D eigenvalue weighted by Gasteiger charge is -2.19. The Bertz CT molecular complexity index is 710. The number of carbonyl (C=O) groups is 1. The summed E-state index contributed by atoms with van der Waals surface area (Å²) in [4.78, 5) is 23.3. The van der Waals surface area contributed by atoms with Gasteiger partial charge in [-0.25, -0.2) is 8.42 Å². The number of hydrogen-bond acceptors (Lipinski definition) is 7. The van der Waals surface area contributed by atoms with Gasteiger partial charge in [0.1, 0.15) is 4.21 Å². The molecule has 1 N–H and O–H groups in total. The molecule has 0 amide bonds. The molecule has 1 aromatic rings. The lowest BCUT2D eigenvalue weighted by molar-refractivity contribution is -0.383. The first-order valence-corrected chi connectivity index (χ1v) is 8.72. The largest absolute Gasteiger partial charge is 0.481 e. The Hall–Kier alpha value is -1.68. The fourth-order valence-electron chi connectivity index (χ4n) is 2.20. The Labute approximate surface area is 125 Å². The smallest absolute Gasteiger partial charge is 0.311 e. The van der Waals surface area contributed by atoms with Crippen LogP contribution in [0.25, 0.3) is 0 Å². The SMILES string of the molecule is CC1(C(=O)O)CCN(c2sc(S(C)(=O)=O)cc2[N+](=O)[O-])C1. The first-order chi connectivity index (χ1) is 9.54. The summed E-state index contributed by atoms with van der Waals surface area (Å²) >= 11 is 0.808. The van der Waals surface area contributed by atoms with Gasteiger partial charge in [-0.1, -0.05) is 11.3 Å². The van der Waals surface area contributed by atoms with Gasteiger partial charge >= 0.3 is 11.7 Å². The Morgan fingerprint density at radius 2 is 2.19 bits per heavy atom. The number of sulfone groups is 1. The molecule has 21 heavy (non-hydrogen) atoms. The van der Waals surface area contributed by atoms with Gasteiger partial charge in [-0.2, -0.15) is 0 Å². The maximum absolute atomic E-state index is 11.5. The standard InChI is InChI=1S/C11H14N2O6S2/c1-11(10(14)15)3-4-12(6-11)9-7(13(16)17)5-8(20-9)21(2,18)19/h5H,3-4,6H2,1-2H3,(H,14,15). The Morgan fingerprint density at radius 3 is 2.62 bits per heavy atom. The van der Waals surface area contributed by atoms with Gasteiger partial charge in [0.2, 0.25) is 0 Å². The molecule has 0 bridgehead atoms. The number of rotatable bonds is 4. The van der Waals surface area contributed by atoms with E-state index in [4.69, 9.17) is 0 Å². The lowest BCUT2D eigenvalue weighted by atomic mass is 9.90. The first-order valence-electron chi connectivity index (χ1n) is 6.01. The van der Waals surface area contributed by atoms with Crippen LogP contribution in [0.2, 0.25) is 0 Å². The van der Waals surface area contributed by atoms with E-state index in [0.29, 0.717) is 13.0 Å². The van der Waals surface area contributed by atoms with Gasteiger partial charge in [0.05, 0.1) is 10.3 Å². The minimum absolute atomic E-state index is 0.0897. The van der Waals surface area contributed by atoms with Crippen LogP contribution < -0.4 is 4.90 Å². The monoisotopic (exact) mass is 334 g/mol. The predicted octanol–water partition coefficient (Wildman–Crippen LogP) is 1.36. The number of carboxylic acids is 1. The van der Waals surface area contributed by atoms with Crippen molar-refractivity contribution >= 4 is 37.8 Å². The number of thiophene rings is 1. The van der Waals surface area contributed by atoms with Crippen LogP contribution in [0, 0.1) is 15.5 Å². The molecule has 10 heteroatoms. The molecule has 0 saturated carbocycles. The molecule has 1 aliphatic heterocycles. The molecule has 1 aliphatic rings. The van der Waals surface area contributed by atoms with Crippen molar-refractivity contribution in [2.45, 2.75) is 17.6 Å². The Balaban J connectivity index is 2.43. The molecule has 1 atom stereocenters. The summed E-state index contributed by atoms with van der Waals surface area (Å²) in [6.07, 6.45) is 1.34. The maximum Gasteiger partial charge on any atom is 0.311 e. The lowest BCUT2D eigenvalue weighted by Crippen LogP contribution is -2.31. The Kier molecular flexibility index (Phi) is 3.70. The summed E-state index contributed by atoms with van der Waals surface area (Å²) < 4.78 is 23.0. The number of nitro groups is 1. The minimum Gasteiger partial charge on any atom is -0.481 e. The number of aliphatic carboxylic acids is 1. The van der Waals surface area contributed by atoms with E-state index in [0.717, 1.165) is 23.7 Å². The summed E-state index contributed by atoms with van der Waals surface area (Å²) in [5.74, 6) is -0.965. The highest BCUT2D eigenvalue weighted by atomic mass is 32.2. The molecule has 0 radical (unpaired) electrons. The van der Waals surface area contributed by atoms with Crippen molar-refractivity contribution in [3.63, 3.8) is 0 Å². The Morgan fingerprint density at radius 1 is 1.57 bits per heavy atom. The highest BCUT2D eigenvalue weighted by molar-refractivity contribution is 7.92. The van der Waals surface area contributed by atoms with Crippen LogP contribution in [0.5, 0.6) is 0 Å². The minimum atomic E-state index is -3.54. The van der Waals surface area contributed by atoms with Gasteiger partial charge < -0.3 is 10.0 Å². The summed E-state index contributed by atoms with van der Waals surface area (Å²) in [6, 6.07) is 1.03. The zero-order chi connectivity index (χ0) is 16.0. The highest BCUT2D eigenvalue weighted by Gasteiger charge is 2.43. The predicted molar refractivity (Wildman–Crippen MR) is 76.7 cm³/mol. The van der Waals surface area contributed by atoms with Crippen LogP contribution >= 0.6 is 11.3 Å². The molecular formula is C11H14N2O6S2. The second-order valence-corrected chi connectivity index (χ2v) is 8.60. The third kappa shape index (κ3) is 2.86. The van der Waals surface area contributed by atoms with E-state index < -0.39 is 26.1 Å². The van der Waals surface area contributed by atoms with Crippen molar-refractivity contribution in [3.8, 4) is 0 Å². The number of hydrogen-bond donors (Lipinski definition) is 1. The van der Waals surface area contributed by atoms with Crippen LogP contribution in [0.1, 0.15) is 13.3 Å². The van der Waals surface area contributed by atoms with E-state index in [1.54, 1.807) is 11.8 Å². The summed E-state index contributed by atoms with van der Waals surface area (Å²) in [6.45, 7) is 2.03. The van der Waals surface area contributed by atoms with Crippen LogP contribution in [-0.2, 0) is 14.6 Å². The fourth-order valence-corrected chi connectivity index (χ4v) is 4.25. The van der Waals surface area contributed by atoms with Gasteiger partial charge in [0, 0.05) is 25.4 Å². The third-order valence-electron chi connectivity index (χ3n) is 3.51. The van der Waals surface area contributed by atoms with Crippen molar-refractivity contribution in [1.29, 1.82) is 0 Å². The van der Waals surface area contributed by atoms with E-state index in [-0.39, 0.29) is 21.4 Å². The molecule has 1 fully saturated rings. The molecule has 1 aromatic heterocycles. The van der Waals surface area contributed by atoms with E-state index in [1.165, 1.54) is 0 Å². The second kappa shape index (κ2) is 4.95. The topological polar surface area (TPSA) is 118 Å². The molecule has 1 saturated heterocycles. The zero-order valence-electron chi connectivity index (χ0n) is 11.4. The van der Waals surface area contributed by atoms with E-state index in [2.05, 4.69) is 0 Å². The van der Waals surface area contributed by atoms with Gasteiger partial charge in [-0.3, -0.25) is 14.9 Å². The van der Waals surface area contributed by atoms with Crippen LogP contribution in [-0.4, -0.2) is 43.8 Å². The molecule has 1 unspecified atom stereocenters. The van der Waals surface area contributed by atoms with Crippen LogP contribution in [0.4, 0.5) is 10.7 Å². The fraction of sp³-hybridized carbons (Fsp3) is 0.545. The van der Waals surface area contributed by atoms with Crippen molar-refractivity contribution in [3.05, 3.63) is 16.2 Å². The van der Waals surface area contributed by atoms with Crippen molar-refractivity contribution in [2.75, 3.05) is 24.2 Å². The molecule has 116 valence electrons. The normalized spacial score (nSPS) is 22.5. The van der Waals surface area contributed by atoms with Crippen molar-refractivity contribution in [2.24, 2.45) is 5.41 Å². The maximum atomic E-state index is 11.5. The van der Waals surface area contributed by atoms with Gasteiger partial charge in [0.25, 0.3) is 0 Å². The molecular weight excluding hydrogens is 320 g/mol. The molecule has 2 rings (SSSR count). The molecule has 0 aromatic carbocycles. The van der Waals surface area contributed by atoms with Gasteiger partial charge in [0.15, 0.2) is 14.8 Å². The summed E-state index contributed by atoms with van der Waals surface area (Å²) in [5, 5.41) is 20.5. The second-order valence-electron chi connectivity index (χ2n) is 5.32. The van der Waals surface area contributed by atoms with E-state index in [9.17, 15) is 28.4 Å². The van der Waals surface area contributed by atoms with Gasteiger partial charge in [-0.05, 0) is 13.3 Å². The number of nitrogens with zero attached hydrogens (tertiary/aromatic N) is 2. The van der Waals surface area contributed by atoms with Crippen molar-refractivity contribution in [1.82, 2.24) is 0 Å². The van der Waals surface area contributed by atoms with E-state index >= 15 is 0 Å². The van der Waals surface area contributed by atoms with Crippen molar-refractivity contribution < 1.29 is 23.2 Å². The van der Waals surface area contributed by atoms with E-state index in [1.807, 2.05) is 0 Å². The molecule has 0 aliphatic carbocycles. The molecule has 2 heterocycles.